The number of para-hydroxylation sites is 2. The average Bonchev–Trinajstić information content (AvgIpc) is 2.50. The topological polar surface area (TPSA) is 58.6 Å². The Labute approximate surface area is 138 Å². The quantitative estimate of drug-likeness (QED) is 0.694. The second-order valence-electron chi connectivity index (χ2n) is 5.31. The lowest BCUT2D eigenvalue weighted by Gasteiger charge is -2.29. The Morgan fingerprint density at radius 3 is 2.91 bits per heavy atom. The van der Waals surface area contributed by atoms with Crippen molar-refractivity contribution in [2.75, 3.05) is 23.3 Å². The van der Waals surface area contributed by atoms with Gasteiger partial charge < -0.3 is 15.0 Å². The fourth-order valence-corrected chi connectivity index (χ4v) is 2.61. The van der Waals surface area contributed by atoms with Crippen LogP contribution in [0.5, 0.6) is 5.75 Å². The minimum absolute atomic E-state index is 0.0406. The first-order valence-electron chi connectivity index (χ1n) is 7.13. The van der Waals surface area contributed by atoms with Crippen LogP contribution in [-0.4, -0.2) is 25.0 Å². The summed E-state index contributed by atoms with van der Waals surface area (Å²) < 4.78 is 5.17. The van der Waals surface area contributed by atoms with Crippen LogP contribution >= 0.6 is 11.6 Å². The summed E-state index contributed by atoms with van der Waals surface area (Å²) in [4.78, 5) is 25.7. The number of esters is 1. The molecule has 118 valence electrons. The van der Waals surface area contributed by atoms with Gasteiger partial charge in [0, 0.05) is 10.7 Å². The zero-order valence-electron chi connectivity index (χ0n) is 12.5. The average molecular weight is 331 g/mol. The van der Waals surface area contributed by atoms with Crippen LogP contribution < -0.4 is 15.0 Å². The number of ether oxygens (including phenoxy) is 1. The smallest absolute Gasteiger partial charge is 0.331 e. The second kappa shape index (κ2) is 6.30. The van der Waals surface area contributed by atoms with Gasteiger partial charge in [0.05, 0.1) is 12.2 Å². The Morgan fingerprint density at radius 2 is 2.09 bits per heavy atom. The van der Waals surface area contributed by atoms with Crippen LogP contribution in [0.1, 0.15) is 5.56 Å². The minimum atomic E-state index is -0.379. The van der Waals surface area contributed by atoms with Crippen molar-refractivity contribution in [2.45, 2.75) is 6.92 Å². The molecule has 2 aromatic rings. The van der Waals surface area contributed by atoms with Gasteiger partial charge in [0.1, 0.15) is 6.54 Å². The van der Waals surface area contributed by atoms with E-state index in [-0.39, 0.29) is 25.0 Å². The zero-order valence-corrected chi connectivity index (χ0v) is 13.3. The number of hydrogen-bond acceptors (Lipinski definition) is 4. The summed E-state index contributed by atoms with van der Waals surface area (Å²) >= 11 is 5.96. The van der Waals surface area contributed by atoms with Gasteiger partial charge in [0.2, 0.25) is 5.91 Å². The molecule has 6 heteroatoms. The molecule has 0 aromatic heterocycles. The molecule has 0 bridgehead atoms. The minimum Gasteiger partial charge on any atom is -0.423 e. The van der Waals surface area contributed by atoms with Crippen molar-refractivity contribution in [3.8, 4) is 5.75 Å². The van der Waals surface area contributed by atoms with E-state index >= 15 is 0 Å². The molecule has 0 saturated carbocycles. The highest BCUT2D eigenvalue weighted by Crippen LogP contribution is 2.31. The van der Waals surface area contributed by atoms with Gasteiger partial charge in [0.25, 0.3) is 0 Å². The molecule has 1 N–H and O–H groups in total. The van der Waals surface area contributed by atoms with Crippen LogP contribution in [0.4, 0.5) is 11.4 Å². The van der Waals surface area contributed by atoms with Crippen LogP contribution in [0.25, 0.3) is 0 Å². The fourth-order valence-electron chi connectivity index (χ4n) is 2.43. The predicted octanol–water partition coefficient (Wildman–Crippen LogP) is 3.01. The van der Waals surface area contributed by atoms with E-state index in [0.717, 1.165) is 11.3 Å². The van der Waals surface area contributed by atoms with Crippen molar-refractivity contribution >= 4 is 34.9 Å². The van der Waals surface area contributed by atoms with Crippen LogP contribution in [0, 0.1) is 6.92 Å². The standard InChI is InChI=1S/C17H15ClN2O3/c1-11-6-7-12(18)8-13(11)19-16(21)9-20-10-17(22)23-15-5-3-2-4-14(15)20/h2-8H,9-10H2,1H3,(H,19,21). The molecule has 0 fully saturated rings. The molecule has 3 rings (SSSR count). The molecule has 0 unspecified atom stereocenters. The highest BCUT2D eigenvalue weighted by Gasteiger charge is 2.25. The van der Waals surface area contributed by atoms with Gasteiger partial charge in [-0.1, -0.05) is 29.8 Å². The summed E-state index contributed by atoms with van der Waals surface area (Å²) in [5, 5.41) is 3.38. The molecule has 0 spiro atoms. The third-order valence-corrected chi connectivity index (χ3v) is 3.79. The van der Waals surface area contributed by atoms with E-state index in [0.29, 0.717) is 16.5 Å². The maximum atomic E-state index is 12.3. The van der Waals surface area contributed by atoms with Crippen LogP contribution in [0.15, 0.2) is 42.5 Å². The molecular weight excluding hydrogens is 316 g/mol. The Balaban J connectivity index is 1.75. The molecule has 1 heterocycles. The summed E-state index contributed by atoms with van der Waals surface area (Å²) in [7, 11) is 0. The molecule has 1 aliphatic rings. The number of nitrogens with zero attached hydrogens (tertiary/aromatic N) is 1. The van der Waals surface area contributed by atoms with Gasteiger partial charge in [-0.25, -0.2) is 4.79 Å². The van der Waals surface area contributed by atoms with Crippen molar-refractivity contribution < 1.29 is 14.3 Å². The fraction of sp³-hybridized carbons (Fsp3) is 0.176. The van der Waals surface area contributed by atoms with Crippen molar-refractivity contribution in [2.24, 2.45) is 0 Å². The third kappa shape index (κ3) is 3.46. The number of anilines is 2. The summed E-state index contributed by atoms with van der Waals surface area (Å²) in [6.07, 6.45) is 0. The summed E-state index contributed by atoms with van der Waals surface area (Å²) in [6.45, 7) is 1.98. The Bertz CT molecular complexity index is 776. The van der Waals surface area contributed by atoms with Gasteiger partial charge in [-0.05, 0) is 36.8 Å². The highest BCUT2D eigenvalue weighted by atomic mass is 35.5. The van der Waals surface area contributed by atoms with Gasteiger partial charge >= 0.3 is 5.97 Å². The van der Waals surface area contributed by atoms with E-state index < -0.39 is 0 Å². The normalized spacial score (nSPS) is 13.3. The molecule has 5 nitrogen and oxygen atoms in total. The third-order valence-electron chi connectivity index (χ3n) is 3.56. The number of carbonyl (C=O) groups is 2. The first-order valence-corrected chi connectivity index (χ1v) is 7.51. The molecule has 23 heavy (non-hydrogen) atoms. The summed E-state index contributed by atoms with van der Waals surface area (Å²) in [5.41, 5.74) is 2.31. The predicted molar refractivity (Wildman–Crippen MR) is 89.1 cm³/mol. The molecule has 0 atom stereocenters. The molecule has 2 aromatic carbocycles. The largest absolute Gasteiger partial charge is 0.423 e. The number of hydrogen-bond donors (Lipinski definition) is 1. The number of amides is 1. The van der Waals surface area contributed by atoms with E-state index in [4.69, 9.17) is 16.3 Å². The van der Waals surface area contributed by atoms with E-state index in [2.05, 4.69) is 5.32 Å². The monoisotopic (exact) mass is 330 g/mol. The molecule has 0 aliphatic carbocycles. The molecule has 1 aliphatic heterocycles. The maximum absolute atomic E-state index is 12.3. The van der Waals surface area contributed by atoms with Crippen molar-refractivity contribution in [1.29, 1.82) is 0 Å². The Hall–Kier alpha value is -2.53. The van der Waals surface area contributed by atoms with Crippen molar-refractivity contribution in [3.05, 3.63) is 53.1 Å². The number of halogens is 1. The van der Waals surface area contributed by atoms with Gasteiger partial charge in [0.15, 0.2) is 5.75 Å². The molecule has 1 amide bonds. The highest BCUT2D eigenvalue weighted by molar-refractivity contribution is 6.31. The van der Waals surface area contributed by atoms with Crippen LogP contribution in [0.2, 0.25) is 5.02 Å². The lowest BCUT2D eigenvalue weighted by atomic mass is 10.2. The molecule has 0 radical (unpaired) electrons. The second-order valence-corrected chi connectivity index (χ2v) is 5.74. The van der Waals surface area contributed by atoms with Gasteiger partial charge in [-0.2, -0.15) is 0 Å². The Kier molecular flexibility index (Phi) is 4.21. The number of benzene rings is 2. The van der Waals surface area contributed by atoms with Crippen molar-refractivity contribution in [3.63, 3.8) is 0 Å². The lowest BCUT2D eigenvalue weighted by molar-refractivity contribution is -0.133. The van der Waals surface area contributed by atoms with Gasteiger partial charge in [-0.3, -0.25) is 4.79 Å². The molecule has 0 saturated heterocycles. The maximum Gasteiger partial charge on any atom is 0.331 e. The number of fused-ring (bicyclic) bond motifs is 1. The van der Waals surface area contributed by atoms with E-state index in [1.807, 2.05) is 25.1 Å². The Morgan fingerprint density at radius 1 is 1.30 bits per heavy atom. The first-order chi connectivity index (χ1) is 11.0. The van der Waals surface area contributed by atoms with Gasteiger partial charge in [-0.15, -0.1) is 0 Å². The lowest BCUT2D eigenvalue weighted by Crippen LogP contribution is -2.41. The first kappa shape index (κ1) is 15.4. The van der Waals surface area contributed by atoms with E-state index in [1.165, 1.54) is 0 Å². The summed E-state index contributed by atoms with van der Waals surface area (Å²) in [5.74, 6) is -0.134. The van der Waals surface area contributed by atoms with Crippen LogP contribution in [-0.2, 0) is 9.59 Å². The number of rotatable bonds is 3. The SMILES string of the molecule is Cc1ccc(Cl)cc1NC(=O)CN1CC(=O)Oc2ccccc21. The van der Waals surface area contributed by atoms with Crippen LogP contribution in [0.3, 0.4) is 0 Å². The number of carbonyl (C=O) groups excluding carboxylic acids is 2. The number of nitrogens with one attached hydrogen (secondary N) is 1. The van der Waals surface area contributed by atoms with Crippen molar-refractivity contribution in [1.82, 2.24) is 0 Å². The zero-order chi connectivity index (χ0) is 16.4. The van der Waals surface area contributed by atoms with E-state index in [1.54, 1.807) is 29.2 Å². The number of aryl methyl sites for hydroxylation is 1. The van der Waals surface area contributed by atoms with E-state index in [9.17, 15) is 9.59 Å². The molecular formula is C17H15ClN2O3. The summed E-state index contributed by atoms with van der Waals surface area (Å²) in [6, 6.07) is 12.5.